The Bertz CT molecular complexity index is 1490. The molecular formula is C26H23N5O2S. The maximum Gasteiger partial charge on any atom is 0.279 e. The van der Waals surface area contributed by atoms with E-state index in [0.29, 0.717) is 28.7 Å². The molecule has 0 fully saturated rings. The molecule has 0 aliphatic carbocycles. The van der Waals surface area contributed by atoms with E-state index in [9.17, 15) is 9.59 Å². The third-order valence-corrected chi connectivity index (χ3v) is 6.32. The summed E-state index contributed by atoms with van der Waals surface area (Å²) in [5.41, 5.74) is 2.30. The second-order valence-electron chi connectivity index (χ2n) is 7.89. The molecule has 2 aromatic heterocycles. The van der Waals surface area contributed by atoms with Crippen molar-refractivity contribution in [2.24, 2.45) is 0 Å². The van der Waals surface area contributed by atoms with E-state index in [2.05, 4.69) is 15.4 Å². The number of para-hydroxylation sites is 3. The number of amides is 1. The van der Waals surface area contributed by atoms with E-state index in [1.165, 1.54) is 4.68 Å². The van der Waals surface area contributed by atoms with Crippen molar-refractivity contribution in [3.8, 4) is 5.69 Å². The van der Waals surface area contributed by atoms with Gasteiger partial charge in [-0.2, -0.15) is 21.5 Å². The largest absolute Gasteiger partial charge is 0.341 e. The van der Waals surface area contributed by atoms with Gasteiger partial charge in [-0.1, -0.05) is 48.5 Å². The van der Waals surface area contributed by atoms with Crippen molar-refractivity contribution in [1.82, 2.24) is 25.1 Å². The van der Waals surface area contributed by atoms with E-state index < -0.39 is 0 Å². The van der Waals surface area contributed by atoms with Crippen LogP contribution in [0.5, 0.6) is 0 Å². The summed E-state index contributed by atoms with van der Waals surface area (Å²) in [4.78, 5) is 34.8. The molecule has 5 aromatic rings. The molecule has 0 aliphatic rings. The fourth-order valence-electron chi connectivity index (χ4n) is 3.98. The van der Waals surface area contributed by atoms with Crippen LogP contribution >= 0.6 is 11.8 Å². The Morgan fingerprint density at radius 3 is 2.47 bits per heavy atom. The van der Waals surface area contributed by atoms with Crippen LogP contribution in [0.1, 0.15) is 28.8 Å². The van der Waals surface area contributed by atoms with Crippen LogP contribution in [0.2, 0.25) is 0 Å². The van der Waals surface area contributed by atoms with Gasteiger partial charge in [0.05, 0.1) is 28.1 Å². The fourth-order valence-corrected chi connectivity index (χ4v) is 4.45. The summed E-state index contributed by atoms with van der Waals surface area (Å²) >= 11 is 1.70. The molecule has 8 heteroatoms. The molecule has 0 saturated heterocycles. The molecule has 0 bridgehead atoms. The van der Waals surface area contributed by atoms with Gasteiger partial charge in [0.1, 0.15) is 5.82 Å². The van der Waals surface area contributed by atoms with Gasteiger partial charge in [0, 0.05) is 5.39 Å². The number of thioether (sulfide) groups is 1. The lowest BCUT2D eigenvalue weighted by molar-refractivity contribution is 0.0929. The highest BCUT2D eigenvalue weighted by Gasteiger charge is 2.23. The number of fused-ring (bicyclic) bond motifs is 2. The van der Waals surface area contributed by atoms with Crippen LogP contribution < -0.4 is 10.9 Å². The monoisotopic (exact) mass is 469 g/mol. The molecule has 1 atom stereocenters. The minimum Gasteiger partial charge on any atom is -0.341 e. The molecule has 0 radical (unpaired) electrons. The zero-order chi connectivity index (χ0) is 23.5. The number of rotatable bonds is 7. The normalized spacial score (nSPS) is 12.1. The Labute approximate surface area is 200 Å². The number of nitrogens with one attached hydrogen (secondary N) is 2. The lowest BCUT2D eigenvalue weighted by Gasteiger charge is -2.17. The van der Waals surface area contributed by atoms with Gasteiger partial charge in [-0.3, -0.25) is 9.59 Å². The van der Waals surface area contributed by atoms with Crippen LogP contribution in [0, 0.1) is 0 Å². The van der Waals surface area contributed by atoms with E-state index in [0.717, 1.165) is 16.8 Å². The standard InChI is InChI=1S/C26H23N5O2S/c1-34-16-15-22(24-27-20-13-7-8-14-21(20)28-24)29-25(32)23-18-11-5-6-12-19(18)26(33)31(30-23)17-9-3-2-4-10-17/h2-14,22H,15-16H2,1H3,(H,27,28)(H,29,32)/t22-/m0/s1. The maximum atomic E-state index is 13.6. The summed E-state index contributed by atoms with van der Waals surface area (Å²) in [7, 11) is 0. The number of hydrogen-bond donors (Lipinski definition) is 2. The van der Waals surface area contributed by atoms with E-state index >= 15 is 0 Å². The van der Waals surface area contributed by atoms with Crippen molar-refractivity contribution in [2.45, 2.75) is 12.5 Å². The van der Waals surface area contributed by atoms with Crippen LogP contribution in [0.15, 0.2) is 83.7 Å². The molecule has 0 unspecified atom stereocenters. The predicted molar refractivity (Wildman–Crippen MR) is 137 cm³/mol. The molecular weight excluding hydrogens is 446 g/mol. The fraction of sp³-hybridized carbons (Fsp3) is 0.154. The molecule has 0 spiro atoms. The highest BCUT2D eigenvalue weighted by molar-refractivity contribution is 7.98. The highest BCUT2D eigenvalue weighted by Crippen LogP contribution is 2.22. The van der Waals surface area contributed by atoms with Gasteiger partial charge in [-0.25, -0.2) is 4.98 Å². The van der Waals surface area contributed by atoms with Crippen LogP contribution in [-0.2, 0) is 0 Å². The average molecular weight is 470 g/mol. The van der Waals surface area contributed by atoms with Crippen molar-refractivity contribution in [1.29, 1.82) is 0 Å². The number of imidazole rings is 1. The lowest BCUT2D eigenvalue weighted by atomic mass is 10.1. The molecule has 2 heterocycles. The van der Waals surface area contributed by atoms with Crippen molar-refractivity contribution in [2.75, 3.05) is 12.0 Å². The first-order valence-electron chi connectivity index (χ1n) is 11.0. The van der Waals surface area contributed by atoms with Gasteiger partial charge < -0.3 is 10.3 Å². The first kappa shape index (κ1) is 21.9. The number of nitrogens with zero attached hydrogens (tertiary/aromatic N) is 3. The molecule has 7 nitrogen and oxygen atoms in total. The quantitative estimate of drug-likeness (QED) is 0.366. The number of aromatic amines is 1. The number of carbonyl (C=O) groups is 1. The Morgan fingerprint density at radius 1 is 1.00 bits per heavy atom. The van der Waals surface area contributed by atoms with Gasteiger partial charge >= 0.3 is 0 Å². The molecule has 1 amide bonds. The Morgan fingerprint density at radius 2 is 1.71 bits per heavy atom. The van der Waals surface area contributed by atoms with E-state index in [4.69, 9.17) is 4.98 Å². The van der Waals surface area contributed by atoms with E-state index in [1.807, 2.05) is 48.7 Å². The Balaban J connectivity index is 1.57. The summed E-state index contributed by atoms with van der Waals surface area (Å²) in [6, 6.07) is 23.6. The second kappa shape index (κ2) is 9.52. The third-order valence-electron chi connectivity index (χ3n) is 5.67. The first-order valence-corrected chi connectivity index (χ1v) is 12.4. The molecule has 0 aliphatic heterocycles. The Hall–Kier alpha value is -3.91. The van der Waals surface area contributed by atoms with Crippen molar-refractivity contribution in [3.63, 3.8) is 0 Å². The van der Waals surface area contributed by atoms with Crippen LogP contribution in [-0.4, -0.2) is 37.7 Å². The third kappa shape index (κ3) is 4.20. The van der Waals surface area contributed by atoms with Crippen molar-refractivity contribution < 1.29 is 4.79 Å². The number of H-pyrrole nitrogens is 1. The molecule has 34 heavy (non-hydrogen) atoms. The van der Waals surface area contributed by atoms with Crippen molar-refractivity contribution >= 4 is 39.5 Å². The lowest BCUT2D eigenvalue weighted by Crippen LogP contribution is -2.33. The van der Waals surface area contributed by atoms with Gasteiger partial charge in [0.2, 0.25) is 0 Å². The molecule has 170 valence electrons. The summed E-state index contributed by atoms with van der Waals surface area (Å²) in [6.45, 7) is 0. The predicted octanol–water partition coefficient (Wildman–Crippen LogP) is 4.49. The number of benzene rings is 3. The minimum absolute atomic E-state index is 0.198. The highest BCUT2D eigenvalue weighted by atomic mass is 32.2. The van der Waals surface area contributed by atoms with Gasteiger partial charge in [-0.15, -0.1) is 0 Å². The van der Waals surface area contributed by atoms with E-state index in [-0.39, 0.29) is 23.2 Å². The van der Waals surface area contributed by atoms with E-state index in [1.54, 1.807) is 48.2 Å². The van der Waals surface area contributed by atoms with Crippen LogP contribution in [0.4, 0.5) is 0 Å². The summed E-state index contributed by atoms with van der Waals surface area (Å²) < 4.78 is 1.29. The molecule has 3 aromatic carbocycles. The van der Waals surface area contributed by atoms with Crippen LogP contribution in [0.25, 0.3) is 27.5 Å². The first-order chi connectivity index (χ1) is 16.7. The summed E-state index contributed by atoms with van der Waals surface area (Å²) in [5.74, 6) is 1.19. The summed E-state index contributed by atoms with van der Waals surface area (Å²) in [5, 5.41) is 8.57. The minimum atomic E-state index is -0.354. The zero-order valence-corrected chi connectivity index (χ0v) is 19.4. The number of carbonyl (C=O) groups excluding carboxylic acids is 1. The smallest absolute Gasteiger partial charge is 0.279 e. The topological polar surface area (TPSA) is 92.7 Å². The van der Waals surface area contributed by atoms with Crippen molar-refractivity contribution in [3.05, 3.63) is 101 Å². The maximum absolute atomic E-state index is 13.6. The summed E-state index contributed by atoms with van der Waals surface area (Å²) in [6.07, 6.45) is 2.73. The molecule has 0 saturated carbocycles. The number of hydrogen-bond acceptors (Lipinski definition) is 5. The second-order valence-corrected chi connectivity index (χ2v) is 8.88. The number of aromatic nitrogens is 4. The Kier molecular flexibility index (Phi) is 6.14. The van der Waals surface area contributed by atoms with Gasteiger partial charge in [-0.05, 0) is 48.8 Å². The van der Waals surface area contributed by atoms with Gasteiger partial charge in [0.25, 0.3) is 11.5 Å². The molecule has 2 N–H and O–H groups in total. The SMILES string of the molecule is CSCC[C@H](NC(=O)c1nn(-c2ccccc2)c(=O)c2ccccc12)c1nc2ccccc2[nH]1. The van der Waals surface area contributed by atoms with Crippen LogP contribution in [0.3, 0.4) is 0 Å². The average Bonchev–Trinajstić information content (AvgIpc) is 3.31. The zero-order valence-electron chi connectivity index (χ0n) is 18.6. The van der Waals surface area contributed by atoms with Gasteiger partial charge in [0.15, 0.2) is 5.69 Å². The molecule has 5 rings (SSSR count).